The molecule has 0 radical (unpaired) electrons. The SMILES string of the molecule is O=C(CCCc1ccccc1)Nc1ccc(-c2ccc3ncc(N4CCN(c5ccncc5)CC4)nc3c2)cc1. The lowest BCUT2D eigenvalue weighted by atomic mass is 10.0. The number of hydrogen-bond acceptors (Lipinski definition) is 6. The van der Waals surface area contributed by atoms with E-state index in [1.54, 1.807) is 0 Å². The average molecular weight is 529 g/mol. The van der Waals surface area contributed by atoms with Crippen molar-refractivity contribution in [1.29, 1.82) is 0 Å². The predicted octanol–water partition coefficient (Wildman–Crippen LogP) is 5.98. The van der Waals surface area contributed by atoms with Crippen LogP contribution in [0, 0.1) is 0 Å². The average Bonchev–Trinajstić information content (AvgIpc) is 3.02. The Labute approximate surface area is 234 Å². The molecule has 1 N–H and O–H groups in total. The summed E-state index contributed by atoms with van der Waals surface area (Å²) in [5.74, 6) is 0.947. The van der Waals surface area contributed by atoms with Crippen LogP contribution in [0.5, 0.6) is 0 Å². The van der Waals surface area contributed by atoms with Gasteiger partial charge in [-0.1, -0.05) is 48.5 Å². The van der Waals surface area contributed by atoms with E-state index < -0.39 is 0 Å². The molecule has 0 aliphatic carbocycles. The maximum Gasteiger partial charge on any atom is 0.224 e. The van der Waals surface area contributed by atoms with Crippen LogP contribution in [-0.4, -0.2) is 47.0 Å². The van der Waals surface area contributed by atoms with E-state index in [2.05, 4.69) is 61.5 Å². The van der Waals surface area contributed by atoms with Gasteiger partial charge in [0.2, 0.25) is 5.91 Å². The fourth-order valence-electron chi connectivity index (χ4n) is 5.15. The third-order valence-electron chi connectivity index (χ3n) is 7.38. The number of nitrogens with zero attached hydrogens (tertiary/aromatic N) is 5. The minimum Gasteiger partial charge on any atom is -0.368 e. The molecule has 3 aromatic carbocycles. The van der Waals surface area contributed by atoms with E-state index in [4.69, 9.17) is 4.98 Å². The number of piperazine rings is 1. The van der Waals surface area contributed by atoms with Crippen LogP contribution in [0.3, 0.4) is 0 Å². The fourth-order valence-corrected chi connectivity index (χ4v) is 5.15. The molecule has 1 aliphatic heterocycles. The lowest BCUT2D eigenvalue weighted by molar-refractivity contribution is -0.116. The summed E-state index contributed by atoms with van der Waals surface area (Å²) in [5, 5.41) is 3.02. The van der Waals surface area contributed by atoms with Gasteiger partial charge < -0.3 is 15.1 Å². The van der Waals surface area contributed by atoms with Gasteiger partial charge in [0.05, 0.1) is 17.2 Å². The Kier molecular flexibility index (Phi) is 7.62. The normalized spacial score (nSPS) is 13.4. The number of benzene rings is 3. The Balaban J connectivity index is 1.07. The highest BCUT2D eigenvalue weighted by atomic mass is 16.1. The zero-order valence-corrected chi connectivity index (χ0v) is 22.4. The maximum atomic E-state index is 12.4. The van der Waals surface area contributed by atoms with Gasteiger partial charge in [-0.15, -0.1) is 0 Å². The molecule has 1 amide bonds. The molecule has 0 bridgehead atoms. The number of hydrogen-bond donors (Lipinski definition) is 1. The van der Waals surface area contributed by atoms with Crippen molar-refractivity contribution in [1.82, 2.24) is 15.0 Å². The first kappa shape index (κ1) is 25.5. The highest BCUT2D eigenvalue weighted by Crippen LogP contribution is 2.26. The number of carbonyl (C=O) groups is 1. The number of amides is 1. The van der Waals surface area contributed by atoms with Crippen LogP contribution >= 0.6 is 0 Å². The van der Waals surface area contributed by atoms with Crippen molar-refractivity contribution in [3.63, 3.8) is 0 Å². The maximum absolute atomic E-state index is 12.4. The first-order chi connectivity index (χ1) is 19.7. The number of anilines is 3. The van der Waals surface area contributed by atoms with Gasteiger partial charge in [0.25, 0.3) is 0 Å². The van der Waals surface area contributed by atoms with Crippen molar-refractivity contribution in [2.45, 2.75) is 19.3 Å². The molecule has 3 heterocycles. The Bertz CT molecular complexity index is 1570. The fraction of sp³-hybridized carbons (Fsp3) is 0.212. The van der Waals surface area contributed by atoms with Crippen LogP contribution in [0.15, 0.2) is 104 Å². The first-order valence-corrected chi connectivity index (χ1v) is 13.8. The molecule has 7 heteroatoms. The molecule has 0 spiro atoms. The van der Waals surface area contributed by atoms with E-state index in [0.29, 0.717) is 6.42 Å². The molecule has 1 fully saturated rings. The van der Waals surface area contributed by atoms with E-state index in [1.807, 2.05) is 67.1 Å². The minimum atomic E-state index is 0.0406. The van der Waals surface area contributed by atoms with Gasteiger partial charge in [0.1, 0.15) is 5.82 Å². The summed E-state index contributed by atoms with van der Waals surface area (Å²) >= 11 is 0. The number of aryl methyl sites for hydroxylation is 1. The van der Waals surface area contributed by atoms with Gasteiger partial charge >= 0.3 is 0 Å². The van der Waals surface area contributed by atoms with Crippen molar-refractivity contribution in [2.24, 2.45) is 0 Å². The van der Waals surface area contributed by atoms with E-state index in [-0.39, 0.29) is 5.91 Å². The van der Waals surface area contributed by atoms with Crippen molar-refractivity contribution in [3.05, 3.63) is 109 Å². The van der Waals surface area contributed by atoms with Crippen LogP contribution in [0.25, 0.3) is 22.2 Å². The molecule has 5 aromatic rings. The third kappa shape index (κ3) is 6.10. The van der Waals surface area contributed by atoms with Crippen molar-refractivity contribution in [2.75, 3.05) is 41.3 Å². The molecule has 1 aliphatic rings. The van der Waals surface area contributed by atoms with Gasteiger partial charge in [0, 0.05) is 56.4 Å². The Morgan fingerprint density at radius 1 is 0.775 bits per heavy atom. The Hall–Kier alpha value is -4.78. The molecular weight excluding hydrogens is 496 g/mol. The number of pyridine rings is 1. The van der Waals surface area contributed by atoms with Gasteiger partial charge in [-0.2, -0.15) is 0 Å². The van der Waals surface area contributed by atoms with E-state index in [0.717, 1.165) is 72.7 Å². The lowest BCUT2D eigenvalue weighted by Crippen LogP contribution is -2.46. The molecule has 6 rings (SSSR count). The summed E-state index contributed by atoms with van der Waals surface area (Å²) in [5.41, 5.74) is 7.17. The molecular formula is C33H32N6O. The molecule has 0 saturated carbocycles. The van der Waals surface area contributed by atoms with Crippen molar-refractivity contribution in [3.8, 4) is 11.1 Å². The summed E-state index contributed by atoms with van der Waals surface area (Å²) < 4.78 is 0. The van der Waals surface area contributed by atoms with Gasteiger partial charge in [-0.05, 0) is 65.9 Å². The molecule has 200 valence electrons. The first-order valence-electron chi connectivity index (χ1n) is 13.8. The molecule has 40 heavy (non-hydrogen) atoms. The second-order valence-electron chi connectivity index (χ2n) is 10.1. The smallest absolute Gasteiger partial charge is 0.224 e. The summed E-state index contributed by atoms with van der Waals surface area (Å²) in [6, 6.07) is 28.6. The second-order valence-corrected chi connectivity index (χ2v) is 10.1. The zero-order chi connectivity index (χ0) is 27.1. The molecule has 7 nitrogen and oxygen atoms in total. The number of fused-ring (bicyclic) bond motifs is 1. The van der Waals surface area contributed by atoms with Gasteiger partial charge in [-0.25, -0.2) is 4.98 Å². The summed E-state index contributed by atoms with van der Waals surface area (Å²) in [6.07, 6.45) is 7.79. The number of nitrogens with one attached hydrogen (secondary N) is 1. The van der Waals surface area contributed by atoms with Crippen LogP contribution in [0.4, 0.5) is 17.2 Å². The number of carbonyl (C=O) groups excluding carboxylic acids is 1. The quantitative estimate of drug-likeness (QED) is 0.267. The van der Waals surface area contributed by atoms with Crippen LogP contribution in [0.1, 0.15) is 18.4 Å². The van der Waals surface area contributed by atoms with E-state index in [1.165, 1.54) is 11.3 Å². The second kappa shape index (κ2) is 11.9. The van der Waals surface area contributed by atoms with E-state index in [9.17, 15) is 4.79 Å². The molecule has 0 unspecified atom stereocenters. The van der Waals surface area contributed by atoms with Crippen LogP contribution in [0.2, 0.25) is 0 Å². The highest BCUT2D eigenvalue weighted by Gasteiger charge is 2.19. The van der Waals surface area contributed by atoms with Gasteiger partial charge in [-0.3, -0.25) is 14.8 Å². The van der Waals surface area contributed by atoms with Crippen molar-refractivity contribution < 1.29 is 4.79 Å². The lowest BCUT2D eigenvalue weighted by Gasteiger charge is -2.36. The monoisotopic (exact) mass is 528 g/mol. The Morgan fingerprint density at radius 3 is 2.27 bits per heavy atom. The zero-order valence-electron chi connectivity index (χ0n) is 22.4. The summed E-state index contributed by atoms with van der Waals surface area (Å²) in [7, 11) is 0. The molecule has 1 saturated heterocycles. The number of rotatable bonds is 8. The Morgan fingerprint density at radius 2 is 1.50 bits per heavy atom. The molecule has 0 atom stereocenters. The largest absolute Gasteiger partial charge is 0.368 e. The summed E-state index contributed by atoms with van der Waals surface area (Å²) in [4.78, 5) is 30.9. The predicted molar refractivity (Wildman–Crippen MR) is 162 cm³/mol. The van der Waals surface area contributed by atoms with E-state index >= 15 is 0 Å². The molecule has 2 aromatic heterocycles. The summed E-state index contributed by atoms with van der Waals surface area (Å²) in [6.45, 7) is 3.64. The van der Waals surface area contributed by atoms with Gasteiger partial charge in [0.15, 0.2) is 0 Å². The minimum absolute atomic E-state index is 0.0406. The number of aromatic nitrogens is 3. The topological polar surface area (TPSA) is 74.2 Å². The standard InChI is InChI=1S/C33H32N6O/c40-33(8-4-7-25-5-2-1-3-6-25)36-28-12-9-26(10-13-28)27-11-14-30-31(23-27)37-32(24-35-30)39-21-19-38(20-22-39)29-15-17-34-18-16-29/h1-3,5-6,9-18,23-24H,4,7-8,19-22H2,(H,36,40). The van der Waals surface area contributed by atoms with Crippen LogP contribution < -0.4 is 15.1 Å². The van der Waals surface area contributed by atoms with Crippen LogP contribution in [-0.2, 0) is 11.2 Å². The highest BCUT2D eigenvalue weighted by molar-refractivity contribution is 5.91. The van der Waals surface area contributed by atoms with Crippen molar-refractivity contribution >= 4 is 34.1 Å². The third-order valence-corrected chi connectivity index (χ3v) is 7.38.